The highest BCUT2D eigenvalue weighted by molar-refractivity contribution is 5.71. The van der Waals surface area contributed by atoms with Crippen LogP contribution in [0.5, 0.6) is 0 Å². The van der Waals surface area contributed by atoms with E-state index in [9.17, 15) is 14.4 Å². The Morgan fingerprint density at radius 3 is 0.984 bits per heavy atom. The molecule has 6 heteroatoms. The number of allylic oxidation sites excluding steroid dienone is 12. The molecular formula is C56H96O6. The number of ether oxygens (including phenoxy) is 3. The summed E-state index contributed by atoms with van der Waals surface area (Å²) in [4.78, 5) is 37.9. The molecule has 0 bridgehead atoms. The lowest BCUT2D eigenvalue weighted by atomic mass is 10.0. The topological polar surface area (TPSA) is 78.9 Å². The number of hydrogen-bond donors (Lipinski definition) is 0. The Morgan fingerprint density at radius 1 is 0.339 bits per heavy atom. The molecule has 0 aromatic heterocycles. The smallest absolute Gasteiger partial charge is 0.306 e. The summed E-state index contributed by atoms with van der Waals surface area (Å²) in [7, 11) is 0. The largest absolute Gasteiger partial charge is 0.462 e. The monoisotopic (exact) mass is 865 g/mol. The third-order valence-corrected chi connectivity index (χ3v) is 11.0. The molecule has 0 N–H and O–H groups in total. The second kappa shape index (κ2) is 50.5. The molecule has 0 saturated carbocycles. The van der Waals surface area contributed by atoms with E-state index in [-0.39, 0.29) is 37.5 Å². The van der Waals surface area contributed by atoms with E-state index in [2.05, 4.69) is 87.6 Å². The summed E-state index contributed by atoms with van der Waals surface area (Å²) in [5, 5.41) is 0. The Morgan fingerprint density at radius 2 is 0.629 bits per heavy atom. The molecule has 0 unspecified atom stereocenters. The van der Waals surface area contributed by atoms with Gasteiger partial charge in [0.25, 0.3) is 0 Å². The van der Waals surface area contributed by atoms with Crippen molar-refractivity contribution >= 4 is 17.9 Å². The Labute approximate surface area is 382 Å². The van der Waals surface area contributed by atoms with Crippen molar-refractivity contribution < 1.29 is 28.6 Å². The molecule has 1 atom stereocenters. The standard InChI is InChI=1S/C56H96O6/c1-4-7-10-13-16-19-22-25-26-27-28-29-30-32-34-37-40-43-46-49-55(58)61-52-53(51-60-54(57)48-45-42-39-36-33-24-21-18-15-12-9-6-3)62-56(59)50-47-44-41-38-35-31-23-20-17-14-11-8-5-2/h7,10,16,19,25-26,28-29,32,34,40,43,53H,4-6,8-9,11-15,17-18,20-24,27,30-31,33,35-39,41-42,44-52H2,1-3H3/b10-7-,19-16-,26-25-,29-28-,34-32-,43-40-/t53-/m0/s1. The summed E-state index contributed by atoms with van der Waals surface area (Å²) in [6, 6.07) is 0. The second-order valence-electron chi connectivity index (χ2n) is 17.1. The van der Waals surface area contributed by atoms with Crippen molar-refractivity contribution in [1.29, 1.82) is 0 Å². The summed E-state index contributed by atoms with van der Waals surface area (Å²) in [6.45, 7) is 6.46. The van der Waals surface area contributed by atoms with E-state index in [1.165, 1.54) is 122 Å². The Bertz CT molecular complexity index is 1180. The van der Waals surface area contributed by atoms with Crippen LogP contribution in [0.2, 0.25) is 0 Å². The minimum atomic E-state index is -0.801. The van der Waals surface area contributed by atoms with Crippen LogP contribution in [0.25, 0.3) is 0 Å². The van der Waals surface area contributed by atoms with Crippen molar-refractivity contribution in [3.05, 3.63) is 72.9 Å². The van der Waals surface area contributed by atoms with E-state index in [4.69, 9.17) is 14.2 Å². The summed E-state index contributed by atoms with van der Waals surface area (Å²) >= 11 is 0. The van der Waals surface area contributed by atoms with Gasteiger partial charge >= 0.3 is 17.9 Å². The van der Waals surface area contributed by atoms with Crippen molar-refractivity contribution in [2.75, 3.05) is 13.2 Å². The number of rotatable bonds is 46. The lowest BCUT2D eigenvalue weighted by molar-refractivity contribution is -0.166. The first kappa shape index (κ1) is 58.9. The van der Waals surface area contributed by atoms with Gasteiger partial charge in [0, 0.05) is 19.3 Å². The first-order chi connectivity index (χ1) is 30.5. The summed E-state index contributed by atoms with van der Waals surface area (Å²) in [6.07, 6.45) is 63.2. The zero-order valence-electron chi connectivity index (χ0n) is 40.6. The SMILES string of the molecule is CC/C=C\C/C=C\C/C=C\C/C=C\C/C=C\C/C=C\CCC(=O)OC[C@H](COC(=O)CCCCCCCCCCCCCC)OC(=O)CCCCCCCCCCCCCCC. The normalized spacial score (nSPS) is 12.6. The summed E-state index contributed by atoms with van der Waals surface area (Å²) < 4.78 is 16.7. The van der Waals surface area contributed by atoms with Crippen molar-refractivity contribution in [1.82, 2.24) is 0 Å². The van der Waals surface area contributed by atoms with Crippen molar-refractivity contribution in [2.45, 2.75) is 252 Å². The number of esters is 3. The van der Waals surface area contributed by atoms with Crippen LogP contribution < -0.4 is 0 Å². The fourth-order valence-electron chi connectivity index (χ4n) is 7.12. The van der Waals surface area contributed by atoms with Crippen LogP contribution in [-0.2, 0) is 28.6 Å². The molecule has 62 heavy (non-hydrogen) atoms. The van der Waals surface area contributed by atoms with Crippen LogP contribution in [0, 0.1) is 0 Å². The molecule has 0 radical (unpaired) electrons. The first-order valence-corrected chi connectivity index (χ1v) is 25.9. The molecule has 0 spiro atoms. The Balaban J connectivity index is 4.47. The molecule has 356 valence electrons. The average Bonchev–Trinajstić information content (AvgIpc) is 3.27. The minimum Gasteiger partial charge on any atom is -0.462 e. The predicted molar refractivity (Wildman–Crippen MR) is 265 cm³/mol. The zero-order chi connectivity index (χ0) is 45.1. The maximum Gasteiger partial charge on any atom is 0.306 e. The van der Waals surface area contributed by atoms with Gasteiger partial charge in [-0.1, -0.05) is 241 Å². The van der Waals surface area contributed by atoms with E-state index in [1.807, 2.05) is 6.08 Å². The van der Waals surface area contributed by atoms with E-state index < -0.39 is 6.10 Å². The van der Waals surface area contributed by atoms with Gasteiger partial charge in [-0.2, -0.15) is 0 Å². The third-order valence-electron chi connectivity index (χ3n) is 11.0. The third kappa shape index (κ3) is 47.9. The van der Waals surface area contributed by atoms with Crippen LogP contribution in [0.15, 0.2) is 72.9 Å². The summed E-state index contributed by atoms with van der Waals surface area (Å²) in [5.74, 6) is -0.979. The highest BCUT2D eigenvalue weighted by atomic mass is 16.6. The lowest BCUT2D eigenvalue weighted by Gasteiger charge is -2.18. The number of hydrogen-bond acceptors (Lipinski definition) is 6. The predicted octanol–water partition coefficient (Wildman–Crippen LogP) is 17.0. The van der Waals surface area contributed by atoms with Gasteiger partial charge in [-0.3, -0.25) is 14.4 Å². The van der Waals surface area contributed by atoms with Gasteiger partial charge in [-0.15, -0.1) is 0 Å². The van der Waals surface area contributed by atoms with Gasteiger partial charge < -0.3 is 14.2 Å². The lowest BCUT2D eigenvalue weighted by Crippen LogP contribution is -2.30. The highest BCUT2D eigenvalue weighted by Crippen LogP contribution is 2.15. The van der Waals surface area contributed by atoms with Gasteiger partial charge in [0.05, 0.1) is 0 Å². The first-order valence-electron chi connectivity index (χ1n) is 25.9. The van der Waals surface area contributed by atoms with Gasteiger partial charge in [-0.25, -0.2) is 0 Å². The molecular weight excluding hydrogens is 769 g/mol. The molecule has 0 aliphatic carbocycles. The Hall–Kier alpha value is -3.15. The zero-order valence-corrected chi connectivity index (χ0v) is 40.6. The fraction of sp³-hybridized carbons (Fsp3) is 0.732. The van der Waals surface area contributed by atoms with Crippen molar-refractivity contribution in [2.24, 2.45) is 0 Å². The van der Waals surface area contributed by atoms with E-state index in [1.54, 1.807) is 0 Å². The van der Waals surface area contributed by atoms with Crippen molar-refractivity contribution in [3.63, 3.8) is 0 Å². The second-order valence-corrected chi connectivity index (χ2v) is 17.1. The summed E-state index contributed by atoms with van der Waals surface area (Å²) in [5.41, 5.74) is 0. The highest BCUT2D eigenvalue weighted by Gasteiger charge is 2.19. The molecule has 0 amide bonds. The van der Waals surface area contributed by atoms with Crippen LogP contribution >= 0.6 is 0 Å². The van der Waals surface area contributed by atoms with Gasteiger partial charge in [0.15, 0.2) is 6.10 Å². The maximum atomic E-state index is 12.8. The molecule has 0 aromatic rings. The molecule has 0 aliphatic rings. The molecule has 0 aromatic carbocycles. The van der Waals surface area contributed by atoms with E-state index in [0.29, 0.717) is 19.3 Å². The number of carbonyl (C=O) groups is 3. The van der Waals surface area contributed by atoms with E-state index in [0.717, 1.165) is 77.0 Å². The van der Waals surface area contributed by atoms with Crippen LogP contribution in [0.3, 0.4) is 0 Å². The van der Waals surface area contributed by atoms with Gasteiger partial charge in [0.2, 0.25) is 0 Å². The Kier molecular flexibility index (Phi) is 47.9. The maximum absolute atomic E-state index is 12.8. The molecule has 0 fully saturated rings. The van der Waals surface area contributed by atoms with Crippen LogP contribution in [0.1, 0.15) is 245 Å². The molecule has 0 rings (SSSR count). The molecule has 0 aliphatic heterocycles. The average molecular weight is 865 g/mol. The number of unbranched alkanes of at least 4 members (excludes halogenated alkanes) is 23. The van der Waals surface area contributed by atoms with Gasteiger partial charge in [-0.05, 0) is 57.8 Å². The number of carbonyl (C=O) groups excluding carboxylic acids is 3. The van der Waals surface area contributed by atoms with Crippen LogP contribution in [0.4, 0.5) is 0 Å². The van der Waals surface area contributed by atoms with Gasteiger partial charge in [0.1, 0.15) is 13.2 Å². The fourth-order valence-corrected chi connectivity index (χ4v) is 7.12. The quantitative estimate of drug-likeness (QED) is 0.0262. The molecule has 6 nitrogen and oxygen atoms in total. The van der Waals surface area contributed by atoms with Crippen LogP contribution in [-0.4, -0.2) is 37.2 Å². The molecule has 0 saturated heterocycles. The minimum absolute atomic E-state index is 0.0954. The van der Waals surface area contributed by atoms with E-state index >= 15 is 0 Å². The van der Waals surface area contributed by atoms with Crippen molar-refractivity contribution in [3.8, 4) is 0 Å². The molecule has 0 heterocycles.